The Balaban J connectivity index is 2.66. The minimum atomic E-state index is -4.44. The molecule has 0 unspecified atom stereocenters. The fraction of sp³-hybridized carbons (Fsp3) is 0.111. The van der Waals surface area contributed by atoms with E-state index >= 15 is 0 Å². The van der Waals surface area contributed by atoms with Crippen LogP contribution in [0.25, 0.3) is 0 Å². The maximum Gasteiger partial charge on any atom is 0.417 e. The molecule has 0 atom stereocenters. The molecule has 1 aliphatic rings. The molecule has 0 N–H and O–H groups in total. The van der Waals surface area contributed by atoms with Crippen molar-refractivity contribution in [1.82, 2.24) is 0 Å². The molecule has 2 nitrogen and oxygen atoms in total. The third kappa shape index (κ3) is 1.21. The molecule has 72 valence electrons. The van der Waals surface area contributed by atoms with E-state index in [0.717, 1.165) is 12.3 Å². The smallest absolute Gasteiger partial charge is 0.267 e. The van der Waals surface area contributed by atoms with Gasteiger partial charge >= 0.3 is 6.18 Å². The van der Waals surface area contributed by atoms with Gasteiger partial charge in [0.2, 0.25) is 0 Å². The maximum absolute atomic E-state index is 12.4. The summed E-state index contributed by atoms with van der Waals surface area (Å²) in [5.41, 5.74) is -0.936. The molecule has 0 saturated heterocycles. The highest BCUT2D eigenvalue weighted by Gasteiger charge is 2.35. The number of nitrogens with zero attached hydrogens (tertiary/aromatic N) is 1. The van der Waals surface area contributed by atoms with Crippen LogP contribution in [0.5, 0.6) is 0 Å². The highest BCUT2D eigenvalue weighted by molar-refractivity contribution is 6.13. The molecule has 0 aliphatic carbocycles. The number of fused-ring (bicyclic) bond motifs is 1. The van der Waals surface area contributed by atoms with Crippen LogP contribution in [0.1, 0.15) is 21.5 Å². The Morgan fingerprint density at radius 2 is 1.93 bits per heavy atom. The summed E-state index contributed by atoms with van der Waals surface area (Å²) in [6, 6.07) is 3.47. The van der Waals surface area contributed by atoms with Gasteiger partial charge in [-0.05, 0) is 12.1 Å². The third-order valence-corrected chi connectivity index (χ3v) is 1.95. The summed E-state index contributed by atoms with van der Waals surface area (Å²) in [4.78, 5) is 14.3. The standard InChI is InChI=1S/C9H4F3NO/c10-9(11,12)7-3-1-2-5-6(7)4-13-8(5)14/h1-4H. The van der Waals surface area contributed by atoms with Crippen LogP contribution < -0.4 is 0 Å². The molecule has 0 aromatic heterocycles. The Morgan fingerprint density at radius 1 is 1.21 bits per heavy atom. The number of carbonyl (C=O) groups is 1. The molecule has 5 heteroatoms. The molecular formula is C9H4F3NO. The van der Waals surface area contributed by atoms with Crippen molar-refractivity contribution in [2.45, 2.75) is 6.18 Å². The van der Waals surface area contributed by atoms with Gasteiger partial charge < -0.3 is 0 Å². The predicted octanol–water partition coefficient (Wildman–Crippen LogP) is 2.28. The number of aliphatic imine (C=N–C) groups is 1. The number of carbonyl (C=O) groups excluding carboxylic acids is 1. The van der Waals surface area contributed by atoms with Crippen LogP contribution in [0.3, 0.4) is 0 Å². The van der Waals surface area contributed by atoms with E-state index in [1.54, 1.807) is 0 Å². The van der Waals surface area contributed by atoms with Crippen LogP contribution in [-0.2, 0) is 6.18 Å². The summed E-state index contributed by atoms with van der Waals surface area (Å²) in [7, 11) is 0. The summed E-state index contributed by atoms with van der Waals surface area (Å²) in [5, 5.41) is 0. The average Bonchev–Trinajstić information content (AvgIpc) is 2.46. The molecule has 1 aliphatic heterocycles. The van der Waals surface area contributed by atoms with E-state index in [0.29, 0.717) is 0 Å². The molecule has 0 radical (unpaired) electrons. The van der Waals surface area contributed by atoms with Crippen molar-refractivity contribution >= 4 is 12.1 Å². The van der Waals surface area contributed by atoms with Gasteiger partial charge in [-0.2, -0.15) is 13.2 Å². The van der Waals surface area contributed by atoms with Gasteiger partial charge in [-0.15, -0.1) is 0 Å². The van der Waals surface area contributed by atoms with Crippen molar-refractivity contribution in [3.63, 3.8) is 0 Å². The van der Waals surface area contributed by atoms with E-state index in [-0.39, 0.29) is 11.1 Å². The summed E-state index contributed by atoms with van der Waals surface area (Å²) in [6.07, 6.45) is -3.48. The zero-order valence-electron chi connectivity index (χ0n) is 6.80. The molecular weight excluding hydrogens is 195 g/mol. The van der Waals surface area contributed by atoms with E-state index in [9.17, 15) is 18.0 Å². The topological polar surface area (TPSA) is 29.4 Å². The minimum Gasteiger partial charge on any atom is -0.267 e. The zero-order valence-corrected chi connectivity index (χ0v) is 6.80. The van der Waals surface area contributed by atoms with Crippen molar-refractivity contribution in [3.05, 3.63) is 34.9 Å². The first-order valence-corrected chi connectivity index (χ1v) is 3.79. The van der Waals surface area contributed by atoms with Gasteiger partial charge in [0.1, 0.15) is 0 Å². The lowest BCUT2D eigenvalue weighted by Crippen LogP contribution is -2.09. The average molecular weight is 199 g/mol. The van der Waals surface area contributed by atoms with Crippen molar-refractivity contribution < 1.29 is 18.0 Å². The lowest BCUT2D eigenvalue weighted by Gasteiger charge is -2.09. The molecule has 1 amide bonds. The number of halogens is 3. The van der Waals surface area contributed by atoms with E-state index in [4.69, 9.17) is 0 Å². The van der Waals surface area contributed by atoms with Gasteiger partial charge in [-0.25, -0.2) is 4.99 Å². The van der Waals surface area contributed by atoms with Crippen molar-refractivity contribution in [2.75, 3.05) is 0 Å². The van der Waals surface area contributed by atoms with Gasteiger partial charge in [-0.3, -0.25) is 4.79 Å². The molecule has 2 rings (SSSR count). The number of rotatable bonds is 0. The van der Waals surface area contributed by atoms with Crippen LogP contribution >= 0.6 is 0 Å². The number of hydrogen-bond donors (Lipinski definition) is 0. The summed E-state index contributed by atoms with van der Waals surface area (Å²) < 4.78 is 37.2. The molecule has 0 bridgehead atoms. The minimum absolute atomic E-state index is 0.0137. The second-order valence-corrected chi connectivity index (χ2v) is 2.83. The molecule has 0 spiro atoms. The lowest BCUT2D eigenvalue weighted by molar-refractivity contribution is -0.137. The normalized spacial score (nSPS) is 14.6. The Bertz CT molecular complexity index is 434. The van der Waals surface area contributed by atoms with Crippen LogP contribution in [0, 0.1) is 0 Å². The Hall–Kier alpha value is -1.65. The first-order chi connectivity index (χ1) is 6.50. The Morgan fingerprint density at radius 3 is 2.57 bits per heavy atom. The number of benzene rings is 1. The third-order valence-electron chi connectivity index (χ3n) is 1.95. The van der Waals surface area contributed by atoms with Gasteiger partial charge in [0.25, 0.3) is 5.91 Å². The SMILES string of the molecule is O=C1N=Cc2c1cccc2C(F)(F)F. The first-order valence-electron chi connectivity index (χ1n) is 3.79. The number of hydrogen-bond acceptors (Lipinski definition) is 1. The predicted molar refractivity (Wildman–Crippen MR) is 43.4 cm³/mol. The molecule has 1 aromatic carbocycles. The van der Waals surface area contributed by atoms with Gasteiger partial charge in [0.15, 0.2) is 0 Å². The van der Waals surface area contributed by atoms with Gasteiger partial charge in [0.05, 0.1) is 11.1 Å². The second-order valence-electron chi connectivity index (χ2n) is 2.83. The van der Waals surface area contributed by atoms with E-state index in [2.05, 4.69) is 4.99 Å². The fourth-order valence-corrected chi connectivity index (χ4v) is 1.33. The van der Waals surface area contributed by atoms with Gasteiger partial charge in [0, 0.05) is 11.8 Å². The molecule has 1 heterocycles. The number of alkyl halides is 3. The second kappa shape index (κ2) is 2.67. The fourth-order valence-electron chi connectivity index (χ4n) is 1.33. The Kier molecular flexibility index (Phi) is 1.70. The van der Waals surface area contributed by atoms with Gasteiger partial charge in [-0.1, -0.05) is 6.07 Å². The molecule has 14 heavy (non-hydrogen) atoms. The van der Waals surface area contributed by atoms with Crippen LogP contribution in [0.15, 0.2) is 23.2 Å². The molecule has 1 aromatic rings. The van der Waals surface area contributed by atoms with Crippen LogP contribution in [-0.4, -0.2) is 12.1 Å². The van der Waals surface area contributed by atoms with E-state index < -0.39 is 17.6 Å². The highest BCUT2D eigenvalue weighted by Crippen LogP contribution is 2.34. The first kappa shape index (κ1) is 8.93. The van der Waals surface area contributed by atoms with Crippen molar-refractivity contribution in [1.29, 1.82) is 0 Å². The molecule has 0 fully saturated rings. The van der Waals surface area contributed by atoms with Crippen LogP contribution in [0.2, 0.25) is 0 Å². The van der Waals surface area contributed by atoms with Crippen molar-refractivity contribution in [2.24, 2.45) is 4.99 Å². The quantitative estimate of drug-likeness (QED) is 0.630. The summed E-state index contributed by atoms with van der Waals surface area (Å²) in [6.45, 7) is 0. The summed E-state index contributed by atoms with van der Waals surface area (Å²) >= 11 is 0. The maximum atomic E-state index is 12.4. The Labute approximate surface area is 77.1 Å². The van der Waals surface area contributed by atoms with Crippen LogP contribution in [0.4, 0.5) is 13.2 Å². The van der Waals surface area contributed by atoms with E-state index in [1.807, 2.05) is 0 Å². The highest BCUT2D eigenvalue weighted by atomic mass is 19.4. The largest absolute Gasteiger partial charge is 0.417 e. The monoisotopic (exact) mass is 199 g/mol. The molecule has 0 saturated carbocycles. The van der Waals surface area contributed by atoms with Crippen molar-refractivity contribution in [3.8, 4) is 0 Å². The summed E-state index contributed by atoms with van der Waals surface area (Å²) in [5.74, 6) is -0.619. The number of amides is 1. The lowest BCUT2D eigenvalue weighted by atomic mass is 10.0. The van der Waals surface area contributed by atoms with E-state index in [1.165, 1.54) is 12.1 Å². The zero-order chi connectivity index (χ0) is 10.3.